The largest absolute Gasteiger partial charge is 0.497 e. The van der Waals surface area contributed by atoms with Crippen LogP contribution in [-0.2, 0) is 45.5 Å². The maximum atomic E-state index is 12.9. The number of rotatable bonds is 15. The molecule has 0 spiro atoms. The summed E-state index contributed by atoms with van der Waals surface area (Å²) in [6, 6.07) is 14.7. The highest BCUT2D eigenvalue weighted by Crippen LogP contribution is 2.67. The van der Waals surface area contributed by atoms with Gasteiger partial charge >= 0.3 is 15.5 Å². The fourth-order valence-corrected chi connectivity index (χ4v) is 7.66. The Morgan fingerprint density at radius 3 is 1.83 bits per heavy atom. The van der Waals surface area contributed by atoms with Crippen molar-refractivity contribution in [2.24, 2.45) is 5.10 Å². The molecule has 0 amide bonds. The van der Waals surface area contributed by atoms with Crippen molar-refractivity contribution in [2.45, 2.75) is 6.42 Å². The van der Waals surface area contributed by atoms with Crippen molar-refractivity contribution in [1.82, 2.24) is 9.22 Å². The SMILES string of the molecule is COc1ccc(/C=N/N(C)[PH](=S)Oc2ccc(CCN(P(=O)(OC)OC)P(=O)(OC)OC)cc2)cc1. The number of hydrogen-bond acceptors (Lipinski definition) is 10. The maximum Gasteiger partial charge on any atom is 0.417 e. The van der Waals surface area contributed by atoms with E-state index in [1.54, 1.807) is 37.3 Å². The van der Waals surface area contributed by atoms with Gasteiger partial charge in [-0.15, -0.1) is 4.44 Å². The molecule has 0 heterocycles. The van der Waals surface area contributed by atoms with Gasteiger partial charge in [0.05, 0.1) is 13.3 Å². The maximum absolute atomic E-state index is 12.9. The van der Waals surface area contributed by atoms with Gasteiger partial charge in [0.15, 0.2) is 0 Å². The number of ether oxygens (including phenoxy) is 1. The lowest BCUT2D eigenvalue weighted by molar-refractivity contribution is 0.195. The van der Waals surface area contributed by atoms with Crippen LogP contribution < -0.4 is 9.26 Å². The molecule has 0 saturated heterocycles. The molecule has 200 valence electrons. The van der Waals surface area contributed by atoms with Crippen LogP contribution in [0.5, 0.6) is 11.5 Å². The van der Waals surface area contributed by atoms with Crippen LogP contribution in [0.3, 0.4) is 0 Å². The predicted molar refractivity (Wildman–Crippen MR) is 145 cm³/mol. The third kappa shape index (κ3) is 8.21. The van der Waals surface area contributed by atoms with Crippen LogP contribution in [-0.4, -0.2) is 64.6 Å². The first-order valence-electron chi connectivity index (χ1n) is 10.6. The van der Waals surface area contributed by atoms with Crippen molar-refractivity contribution < 1.29 is 36.5 Å². The lowest BCUT2D eigenvalue weighted by Gasteiger charge is -2.31. The van der Waals surface area contributed by atoms with Gasteiger partial charge in [-0.2, -0.15) is 5.10 Å². The Morgan fingerprint density at radius 1 is 0.861 bits per heavy atom. The number of methoxy groups -OCH3 is 1. The van der Waals surface area contributed by atoms with E-state index in [-0.39, 0.29) is 6.54 Å². The van der Waals surface area contributed by atoms with E-state index in [1.807, 2.05) is 36.4 Å². The monoisotopic (exact) mass is 579 g/mol. The van der Waals surface area contributed by atoms with Crippen LogP contribution in [0.1, 0.15) is 11.1 Å². The molecule has 2 rings (SSSR count). The normalized spacial score (nSPS) is 13.2. The van der Waals surface area contributed by atoms with E-state index >= 15 is 0 Å². The third-order valence-corrected chi connectivity index (χ3v) is 11.8. The van der Waals surface area contributed by atoms with Gasteiger partial charge in [-0.1, -0.05) is 12.1 Å². The second-order valence-corrected chi connectivity index (χ2v) is 14.1. The number of nitrogens with zero attached hydrogens (tertiary/aromatic N) is 3. The Balaban J connectivity index is 2.01. The Labute approximate surface area is 218 Å². The molecule has 1 atom stereocenters. The summed E-state index contributed by atoms with van der Waals surface area (Å²) in [7, 11) is -1.46. The molecule has 0 radical (unpaired) electrons. The van der Waals surface area contributed by atoms with Gasteiger partial charge in [-0.25, -0.2) is 13.9 Å². The van der Waals surface area contributed by atoms with E-state index in [0.717, 1.165) is 21.3 Å². The molecular weight excluding hydrogens is 547 g/mol. The highest BCUT2D eigenvalue weighted by atomic mass is 32.4. The first-order valence-corrected chi connectivity index (χ1v) is 16.1. The zero-order valence-corrected chi connectivity index (χ0v) is 24.6. The van der Waals surface area contributed by atoms with E-state index in [9.17, 15) is 9.13 Å². The van der Waals surface area contributed by atoms with Gasteiger partial charge in [0.1, 0.15) is 11.5 Å². The van der Waals surface area contributed by atoms with Gasteiger partial charge in [-0.3, -0.25) is 18.1 Å². The van der Waals surface area contributed by atoms with Crippen LogP contribution in [0.25, 0.3) is 0 Å². The van der Waals surface area contributed by atoms with Gasteiger partial charge in [-0.05, 0) is 65.8 Å². The van der Waals surface area contributed by atoms with Gasteiger partial charge in [0.2, 0.25) is 7.07 Å². The Hall–Kier alpha value is -1.58. The summed E-state index contributed by atoms with van der Waals surface area (Å²) >= 11 is 5.50. The second-order valence-electron chi connectivity index (χ2n) is 7.07. The van der Waals surface area contributed by atoms with E-state index in [2.05, 4.69) is 5.10 Å². The summed E-state index contributed by atoms with van der Waals surface area (Å²) in [5.74, 6) is 1.36. The van der Waals surface area contributed by atoms with Crippen molar-refractivity contribution in [3.05, 3.63) is 59.7 Å². The lowest BCUT2D eigenvalue weighted by atomic mass is 10.1. The summed E-state index contributed by atoms with van der Waals surface area (Å²) in [5, 5.41) is 4.37. The Bertz CT molecular complexity index is 1080. The summed E-state index contributed by atoms with van der Waals surface area (Å²) in [5.41, 5.74) is 1.76. The number of benzene rings is 2. The van der Waals surface area contributed by atoms with E-state index in [0.29, 0.717) is 12.2 Å². The average Bonchev–Trinajstić information content (AvgIpc) is 2.92. The quantitative estimate of drug-likeness (QED) is 0.158. The topological polar surface area (TPSA) is 108 Å². The molecule has 0 saturated carbocycles. The van der Waals surface area contributed by atoms with E-state index < -0.39 is 22.6 Å². The highest BCUT2D eigenvalue weighted by molar-refractivity contribution is 8.02. The molecule has 0 aliphatic carbocycles. The smallest absolute Gasteiger partial charge is 0.417 e. The summed E-state index contributed by atoms with van der Waals surface area (Å²) in [4.78, 5) is 0. The predicted octanol–water partition coefficient (Wildman–Crippen LogP) is 5.19. The molecule has 11 nitrogen and oxygen atoms in total. The fraction of sp³-hybridized carbons (Fsp3) is 0.381. The molecule has 0 aliphatic heterocycles. The second kappa shape index (κ2) is 14.4. The molecule has 0 aromatic heterocycles. The molecule has 1 unspecified atom stereocenters. The van der Waals surface area contributed by atoms with E-state index in [4.69, 9.17) is 39.2 Å². The van der Waals surface area contributed by atoms with Crippen molar-refractivity contribution in [1.29, 1.82) is 0 Å². The Kier molecular flexibility index (Phi) is 12.2. The molecular formula is C21H32N3O8P3S. The van der Waals surface area contributed by atoms with Crippen molar-refractivity contribution in [3.8, 4) is 11.5 Å². The minimum Gasteiger partial charge on any atom is -0.497 e. The Morgan fingerprint density at radius 2 is 1.36 bits per heavy atom. The molecule has 2 aromatic rings. The zero-order valence-electron chi connectivity index (χ0n) is 21.0. The van der Waals surface area contributed by atoms with E-state index in [1.165, 1.54) is 28.4 Å². The van der Waals surface area contributed by atoms with Crippen molar-refractivity contribution in [3.63, 3.8) is 0 Å². The molecule has 0 aliphatic rings. The van der Waals surface area contributed by atoms with Gasteiger partial charge < -0.3 is 9.26 Å². The van der Waals surface area contributed by atoms with Crippen LogP contribution >= 0.6 is 22.6 Å². The minimum absolute atomic E-state index is 0.0248. The number of hydrazone groups is 1. The zero-order chi connectivity index (χ0) is 26.8. The first-order chi connectivity index (χ1) is 17.1. The lowest BCUT2D eigenvalue weighted by Crippen LogP contribution is -2.23. The van der Waals surface area contributed by atoms with Crippen LogP contribution in [0.2, 0.25) is 0 Å². The van der Waals surface area contributed by atoms with Crippen LogP contribution in [0.4, 0.5) is 0 Å². The number of hydrogen-bond donors (Lipinski definition) is 0. The van der Waals surface area contributed by atoms with Gasteiger partial charge in [0.25, 0.3) is 0 Å². The molecule has 0 fully saturated rings. The third-order valence-electron chi connectivity index (χ3n) is 4.98. The average molecular weight is 579 g/mol. The first kappa shape index (κ1) is 30.6. The van der Waals surface area contributed by atoms with Crippen LogP contribution in [0.15, 0.2) is 53.6 Å². The molecule has 2 aromatic carbocycles. The highest BCUT2D eigenvalue weighted by Gasteiger charge is 2.45. The summed E-state index contributed by atoms with van der Waals surface area (Å²) < 4.78 is 59.6. The molecule has 36 heavy (non-hydrogen) atoms. The molecule has 15 heteroatoms. The van der Waals surface area contributed by atoms with Crippen LogP contribution in [0, 0.1) is 0 Å². The van der Waals surface area contributed by atoms with Crippen molar-refractivity contribution >= 4 is 40.6 Å². The molecule has 0 N–H and O–H groups in total. The van der Waals surface area contributed by atoms with Crippen molar-refractivity contribution in [2.75, 3.05) is 49.1 Å². The van der Waals surface area contributed by atoms with Gasteiger partial charge in [0, 0.05) is 42.0 Å². The summed E-state index contributed by atoms with van der Waals surface area (Å²) in [6.45, 7) is 0.0248. The standard InChI is InChI=1S/C21H32N3O8P3S/c1-23(22-17-19-9-11-20(27-2)12-10-19)33(36)32-21-13-7-18(8-14-21)15-16-24(34(25,28-3)29-4)35(26,30-5)31-6/h7-14,17,33H,15-16H2,1-6H3/b22-17+. The molecule has 0 bridgehead atoms. The minimum atomic E-state index is -3.89. The summed E-state index contributed by atoms with van der Waals surface area (Å²) in [6.07, 6.45) is 2.05. The fourth-order valence-electron chi connectivity index (χ4n) is 2.92.